The molecule has 0 radical (unpaired) electrons. The summed E-state index contributed by atoms with van der Waals surface area (Å²) in [5.41, 5.74) is 5.52. The third-order valence-electron chi connectivity index (χ3n) is 3.88. The van der Waals surface area contributed by atoms with Crippen LogP contribution in [0.3, 0.4) is 0 Å². The maximum absolute atomic E-state index is 11.2. The SMILES string of the molecule is CC12CCC(C)(CC(N)C1)N2C(=O)O. The van der Waals surface area contributed by atoms with E-state index in [1.54, 1.807) is 4.90 Å². The summed E-state index contributed by atoms with van der Waals surface area (Å²) >= 11 is 0. The molecule has 4 heteroatoms. The van der Waals surface area contributed by atoms with Crippen molar-refractivity contribution in [1.29, 1.82) is 0 Å². The number of amides is 1. The molecule has 2 aliphatic heterocycles. The first kappa shape index (κ1) is 9.77. The molecule has 2 unspecified atom stereocenters. The molecule has 0 spiro atoms. The molecule has 4 nitrogen and oxygen atoms in total. The van der Waals surface area contributed by atoms with E-state index in [1.165, 1.54) is 0 Å². The van der Waals surface area contributed by atoms with E-state index in [1.807, 2.05) is 13.8 Å². The summed E-state index contributed by atoms with van der Waals surface area (Å²) in [5.74, 6) is 0. The van der Waals surface area contributed by atoms with Gasteiger partial charge < -0.3 is 10.8 Å². The minimum absolute atomic E-state index is 0.156. The Morgan fingerprint density at radius 2 is 1.79 bits per heavy atom. The molecule has 2 heterocycles. The lowest BCUT2D eigenvalue weighted by atomic mass is 9.83. The van der Waals surface area contributed by atoms with E-state index in [-0.39, 0.29) is 17.1 Å². The summed E-state index contributed by atoms with van der Waals surface area (Å²) in [6.45, 7) is 4.04. The standard InChI is InChI=1S/C10H18N2O2/c1-9-3-4-10(2,6-7(11)5-9)12(9)8(13)14/h7H,3-6,11H2,1-2H3,(H,13,14). The van der Waals surface area contributed by atoms with E-state index in [2.05, 4.69) is 0 Å². The fourth-order valence-electron chi connectivity index (χ4n) is 3.46. The van der Waals surface area contributed by atoms with Gasteiger partial charge in [0.25, 0.3) is 0 Å². The summed E-state index contributed by atoms with van der Waals surface area (Å²) in [5, 5.41) is 9.22. The van der Waals surface area contributed by atoms with Crippen LogP contribution < -0.4 is 5.73 Å². The highest BCUT2D eigenvalue weighted by atomic mass is 16.4. The highest BCUT2D eigenvalue weighted by Gasteiger charge is 2.56. The monoisotopic (exact) mass is 198 g/mol. The molecular formula is C10H18N2O2. The van der Waals surface area contributed by atoms with E-state index in [9.17, 15) is 9.90 Å². The molecule has 2 fully saturated rings. The number of carbonyl (C=O) groups is 1. The first-order valence-electron chi connectivity index (χ1n) is 5.16. The molecular weight excluding hydrogens is 180 g/mol. The second-order valence-electron chi connectivity index (χ2n) is 5.28. The maximum Gasteiger partial charge on any atom is 0.408 e. The fourth-order valence-corrected chi connectivity index (χ4v) is 3.46. The first-order valence-corrected chi connectivity index (χ1v) is 5.16. The second-order valence-corrected chi connectivity index (χ2v) is 5.28. The average molecular weight is 198 g/mol. The lowest BCUT2D eigenvalue weighted by molar-refractivity contribution is 0.0139. The van der Waals surface area contributed by atoms with Gasteiger partial charge in [-0.25, -0.2) is 4.79 Å². The van der Waals surface area contributed by atoms with Crippen LogP contribution in [-0.4, -0.2) is 33.2 Å². The Bertz CT molecular complexity index is 261. The number of piperidine rings is 1. The molecule has 2 atom stereocenters. The van der Waals surface area contributed by atoms with Crippen molar-refractivity contribution in [3.63, 3.8) is 0 Å². The summed E-state index contributed by atoms with van der Waals surface area (Å²) in [6, 6.07) is 0.156. The van der Waals surface area contributed by atoms with Crippen molar-refractivity contribution < 1.29 is 9.90 Å². The predicted molar refractivity (Wildman–Crippen MR) is 53.1 cm³/mol. The Morgan fingerprint density at radius 1 is 1.36 bits per heavy atom. The molecule has 0 aliphatic carbocycles. The number of nitrogens with zero attached hydrogens (tertiary/aromatic N) is 1. The van der Waals surface area contributed by atoms with Gasteiger partial charge >= 0.3 is 6.09 Å². The first-order chi connectivity index (χ1) is 6.37. The molecule has 0 aromatic rings. The van der Waals surface area contributed by atoms with Gasteiger partial charge in [0.1, 0.15) is 0 Å². The lowest BCUT2D eigenvalue weighted by Gasteiger charge is -2.48. The van der Waals surface area contributed by atoms with E-state index in [0.717, 1.165) is 25.7 Å². The zero-order chi connectivity index (χ0) is 10.6. The van der Waals surface area contributed by atoms with Crippen LogP contribution in [0.4, 0.5) is 4.79 Å². The van der Waals surface area contributed by atoms with Crippen molar-refractivity contribution in [3.05, 3.63) is 0 Å². The van der Waals surface area contributed by atoms with Crippen LogP contribution in [0, 0.1) is 0 Å². The van der Waals surface area contributed by atoms with Gasteiger partial charge in [-0.1, -0.05) is 0 Å². The molecule has 80 valence electrons. The Balaban J connectivity index is 2.38. The molecule has 3 N–H and O–H groups in total. The number of rotatable bonds is 0. The van der Waals surface area contributed by atoms with Gasteiger partial charge in [-0.3, -0.25) is 4.90 Å². The van der Waals surface area contributed by atoms with Gasteiger partial charge in [0.15, 0.2) is 0 Å². The van der Waals surface area contributed by atoms with E-state index in [4.69, 9.17) is 5.73 Å². The number of nitrogens with two attached hydrogens (primary N) is 1. The summed E-state index contributed by atoms with van der Waals surface area (Å²) in [7, 11) is 0. The Morgan fingerprint density at radius 3 is 2.14 bits per heavy atom. The minimum Gasteiger partial charge on any atom is -0.465 e. The zero-order valence-electron chi connectivity index (χ0n) is 8.79. The number of hydrogen-bond donors (Lipinski definition) is 2. The van der Waals surface area contributed by atoms with Crippen LogP contribution >= 0.6 is 0 Å². The molecule has 2 saturated heterocycles. The number of hydrogen-bond acceptors (Lipinski definition) is 2. The fraction of sp³-hybridized carbons (Fsp3) is 0.900. The van der Waals surface area contributed by atoms with Crippen LogP contribution in [0.1, 0.15) is 39.5 Å². The minimum atomic E-state index is -0.792. The van der Waals surface area contributed by atoms with Crippen LogP contribution in [0.5, 0.6) is 0 Å². The van der Waals surface area contributed by atoms with Crippen molar-refractivity contribution in [2.75, 3.05) is 0 Å². The lowest BCUT2D eigenvalue weighted by Crippen LogP contribution is -2.61. The molecule has 0 saturated carbocycles. The molecule has 2 aliphatic rings. The van der Waals surface area contributed by atoms with Crippen LogP contribution in [-0.2, 0) is 0 Å². The normalized spacial score (nSPS) is 46.8. The van der Waals surface area contributed by atoms with E-state index >= 15 is 0 Å². The highest BCUT2D eigenvalue weighted by Crippen LogP contribution is 2.49. The van der Waals surface area contributed by atoms with E-state index in [0.29, 0.717) is 0 Å². The van der Waals surface area contributed by atoms with Crippen LogP contribution in [0.2, 0.25) is 0 Å². The predicted octanol–water partition coefficient (Wildman–Crippen LogP) is 1.40. The molecule has 0 aromatic carbocycles. The zero-order valence-corrected chi connectivity index (χ0v) is 8.79. The van der Waals surface area contributed by atoms with Crippen molar-refractivity contribution in [1.82, 2.24) is 4.90 Å². The van der Waals surface area contributed by atoms with Crippen molar-refractivity contribution in [3.8, 4) is 0 Å². The number of carboxylic acid groups (broad SMARTS) is 1. The van der Waals surface area contributed by atoms with Crippen molar-refractivity contribution >= 4 is 6.09 Å². The summed E-state index contributed by atoms with van der Waals surface area (Å²) in [4.78, 5) is 12.9. The van der Waals surface area contributed by atoms with Crippen LogP contribution in [0.15, 0.2) is 0 Å². The van der Waals surface area contributed by atoms with Gasteiger partial charge in [-0.15, -0.1) is 0 Å². The molecule has 2 bridgehead atoms. The molecule has 14 heavy (non-hydrogen) atoms. The van der Waals surface area contributed by atoms with Crippen molar-refractivity contribution in [2.24, 2.45) is 5.73 Å². The third kappa shape index (κ3) is 1.13. The smallest absolute Gasteiger partial charge is 0.408 e. The van der Waals surface area contributed by atoms with Gasteiger partial charge in [0.05, 0.1) is 0 Å². The Hall–Kier alpha value is -0.770. The largest absolute Gasteiger partial charge is 0.465 e. The summed E-state index contributed by atoms with van der Waals surface area (Å²) in [6.07, 6.45) is 2.70. The summed E-state index contributed by atoms with van der Waals surface area (Å²) < 4.78 is 0. The molecule has 0 aromatic heterocycles. The molecule has 1 amide bonds. The third-order valence-corrected chi connectivity index (χ3v) is 3.88. The van der Waals surface area contributed by atoms with Crippen molar-refractivity contribution in [2.45, 2.75) is 56.7 Å². The Kier molecular flexibility index (Phi) is 1.83. The second kappa shape index (κ2) is 2.63. The van der Waals surface area contributed by atoms with Gasteiger partial charge in [0.2, 0.25) is 0 Å². The number of fused-ring (bicyclic) bond motifs is 2. The van der Waals surface area contributed by atoms with E-state index < -0.39 is 6.09 Å². The average Bonchev–Trinajstić information content (AvgIpc) is 2.15. The van der Waals surface area contributed by atoms with Gasteiger partial charge in [0, 0.05) is 17.1 Å². The Labute approximate surface area is 84.1 Å². The highest BCUT2D eigenvalue weighted by molar-refractivity contribution is 5.68. The quantitative estimate of drug-likeness (QED) is 0.618. The van der Waals surface area contributed by atoms with Gasteiger partial charge in [-0.05, 0) is 39.5 Å². The topological polar surface area (TPSA) is 66.6 Å². The van der Waals surface area contributed by atoms with Gasteiger partial charge in [-0.2, -0.15) is 0 Å². The maximum atomic E-state index is 11.2. The molecule has 2 rings (SSSR count). The van der Waals surface area contributed by atoms with Crippen LogP contribution in [0.25, 0.3) is 0 Å².